The molecule has 1 aliphatic carbocycles. The van der Waals surface area contributed by atoms with E-state index in [0.717, 1.165) is 56.1 Å². The highest BCUT2D eigenvalue weighted by Crippen LogP contribution is 2.48. The van der Waals surface area contributed by atoms with Crippen LogP contribution in [0.5, 0.6) is 11.5 Å². The smallest absolute Gasteiger partial charge is 0.269 e. The van der Waals surface area contributed by atoms with E-state index in [2.05, 4.69) is 211 Å². The molecular weight excluding hydrogens is 709 g/mol. The van der Waals surface area contributed by atoms with Crippen LogP contribution in [0.3, 0.4) is 0 Å². The van der Waals surface area contributed by atoms with Crippen LogP contribution in [0.1, 0.15) is 48.9 Å². The van der Waals surface area contributed by atoms with Gasteiger partial charge in [-0.05, 0) is 93.4 Å². The molecule has 1 aliphatic rings. The van der Waals surface area contributed by atoms with E-state index >= 15 is 0 Å². The van der Waals surface area contributed by atoms with Gasteiger partial charge in [-0.3, -0.25) is 13.7 Å². The van der Waals surface area contributed by atoms with Gasteiger partial charge >= 0.3 is 0 Å². The van der Waals surface area contributed by atoms with Crippen molar-refractivity contribution in [3.05, 3.63) is 211 Å². The Kier molecular flexibility index (Phi) is 7.73. The van der Waals surface area contributed by atoms with Crippen molar-refractivity contribution in [2.24, 2.45) is 0 Å². The molecule has 0 saturated carbocycles. The quantitative estimate of drug-likeness (QED) is 0.125. The summed E-state index contributed by atoms with van der Waals surface area (Å²) in [4.78, 5) is 4.86. The van der Waals surface area contributed by atoms with Crippen molar-refractivity contribution < 1.29 is 9.30 Å². The van der Waals surface area contributed by atoms with Gasteiger partial charge in [0.2, 0.25) is 0 Å². The second kappa shape index (κ2) is 13.2. The molecule has 0 atom stereocenters. The molecule has 278 valence electrons. The first-order valence-electron chi connectivity index (χ1n) is 19.9. The molecule has 0 saturated heterocycles. The summed E-state index contributed by atoms with van der Waals surface area (Å²) in [5.41, 5.74) is 14.1. The van der Waals surface area contributed by atoms with Gasteiger partial charge in [-0.2, -0.15) is 0 Å². The summed E-state index contributed by atoms with van der Waals surface area (Å²) in [5, 5.41) is 2.34. The molecule has 3 aromatic heterocycles. The average Bonchev–Trinajstić information content (AvgIpc) is 3.92. The van der Waals surface area contributed by atoms with E-state index in [9.17, 15) is 0 Å². The van der Waals surface area contributed by atoms with Crippen LogP contribution in [0.2, 0.25) is 0 Å². The summed E-state index contributed by atoms with van der Waals surface area (Å²) < 4.78 is 13.3. The van der Waals surface area contributed by atoms with Crippen LogP contribution in [0.15, 0.2) is 182 Å². The zero-order valence-electron chi connectivity index (χ0n) is 32.6. The maximum atomic E-state index is 6.70. The number of rotatable bonds is 6. The third-order valence-electron chi connectivity index (χ3n) is 11.7. The van der Waals surface area contributed by atoms with Crippen LogP contribution in [0, 0.1) is 6.33 Å². The number of hydrogen-bond acceptors (Lipinski definition) is 2. The number of para-hydroxylation sites is 4. The van der Waals surface area contributed by atoms with Crippen LogP contribution in [-0.4, -0.2) is 14.1 Å². The van der Waals surface area contributed by atoms with Crippen LogP contribution >= 0.6 is 0 Å². The molecule has 5 heteroatoms. The molecule has 0 unspecified atom stereocenters. The standard InChI is InChI=1S/C53H40N4O/c1-53(2,3)35-29-30-54-51(31-35)57-47-24-11-8-19-41(47)42-28-27-38(33-50(42)57)58-37-16-14-15-36(32-37)55-34-56(49-26-13-12-25-48(49)55)46-23-10-9-22-45(46)52-43-20-6-4-17-39(43)40-18-5-7-21-44(40)52/h4-33,52H,1-3H3. The van der Waals surface area contributed by atoms with Gasteiger partial charge in [0, 0.05) is 29.0 Å². The number of imidazole rings is 1. The van der Waals surface area contributed by atoms with Crippen molar-refractivity contribution in [2.45, 2.75) is 32.1 Å². The summed E-state index contributed by atoms with van der Waals surface area (Å²) >= 11 is 0. The zero-order chi connectivity index (χ0) is 39.0. The van der Waals surface area contributed by atoms with Gasteiger partial charge in [0.1, 0.15) is 17.3 Å². The van der Waals surface area contributed by atoms with E-state index in [0.29, 0.717) is 0 Å². The molecule has 11 rings (SSSR count). The average molecular weight is 749 g/mol. The molecule has 7 aromatic carbocycles. The molecule has 0 spiro atoms. The SMILES string of the molecule is CC(C)(C)c1ccnc(-n2c3ccccc3c3ccc(Oc4cccc(-n5[c-][n+](-c6ccccc6C6c7ccccc7-c7ccccc76)c6ccccc65)c4)cc32)c1. The van der Waals surface area contributed by atoms with Crippen LogP contribution in [-0.2, 0) is 5.41 Å². The Balaban J connectivity index is 0.994. The maximum absolute atomic E-state index is 6.70. The third-order valence-corrected chi connectivity index (χ3v) is 11.7. The molecular formula is C53H40N4O. The number of hydrogen-bond donors (Lipinski definition) is 0. The predicted molar refractivity (Wildman–Crippen MR) is 234 cm³/mol. The number of benzene rings is 7. The molecule has 0 radical (unpaired) electrons. The van der Waals surface area contributed by atoms with E-state index < -0.39 is 0 Å². The van der Waals surface area contributed by atoms with Crippen LogP contribution in [0.25, 0.3) is 61.2 Å². The number of pyridine rings is 1. The summed E-state index contributed by atoms with van der Waals surface area (Å²) in [6, 6.07) is 62.4. The minimum absolute atomic E-state index is 0.00467. The second-order valence-electron chi connectivity index (χ2n) is 16.2. The van der Waals surface area contributed by atoms with Crippen molar-refractivity contribution in [1.29, 1.82) is 0 Å². The van der Waals surface area contributed by atoms with Crippen molar-refractivity contribution in [3.63, 3.8) is 0 Å². The van der Waals surface area contributed by atoms with Gasteiger partial charge in [-0.1, -0.05) is 136 Å². The number of fused-ring (bicyclic) bond motifs is 7. The lowest BCUT2D eigenvalue weighted by molar-refractivity contribution is -0.573. The molecule has 0 fully saturated rings. The van der Waals surface area contributed by atoms with Crippen LogP contribution in [0.4, 0.5) is 0 Å². The van der Waals surface area contributed by atoms with Gasteiger partial charge in [-0.25, -0.2) is 4.98 Å². The van der Waals surface area contributed by atoms with Crippen molar-refractivity contribution >= 4 is 32.8 Å². The van der Waals surface area contributed by atoms with Crippen molar-refractivity contribution in [1.82, 2.24) is 14.1 Å². The molecule has 58 heavy (non-hydrogen) atoms. The number of ether oxygens (including phenoxy) is 1. The lowest BCUT2D eigenvalue weighted by atomic mass is 9.88. The molecule has 0 amide bonds. The summed E-state index contributed by atoms with van der Waals surface area (Å²) in [6.07, 6.45) is 5.69. The van der Waals surface area contributed by atoms with E-state index in [1.165, 1.54) is 38.8 Å². The molecule has 0 bridgehead atoms. The second-order valence-corrected chi connectivity index (χ2v) is 16.2. The number of aromatic nitrogens is 4. The normalized spacial score (nSPS) is 12.7. The van der Waals surface area contributed by atoms with E-state index in [1.807, 2.05) is 12.3 Å². The van der Waals surface area contributed by atoms with Gasteiger partial charge < -0.3 is 4.74 Å². The maximum Gasteiger partial charge on any atom is 0.269 e. The lowest BCUT2D eigenvalue weighted by Gasteiger charge is -2.20. The summed E-state index contributed by atoms with van der Waals surface area (Å²) in [7, 11) is 0. The highest BCUT2D eigenvalue weighted by Gasteiger charge is 2.31. The first kappa shape index (κ1) is 34.0. The Morgan fingerprint density at radius 1 is 0.569 bits per heavy atom. The molecule has 0 aliphatic heterocycles. The Morgan fingerprint density at radius 2 is 1.22 bits per heavy atom. The largest absolute Gasteiger partial charge is 0.458 e. The highest BCUT2D eigenvalue weighted by atomic mass is 16.5. The van der Waals surface area contributed by atoms with E-state index in [4.69, 9.17) is 9.72 Å². The summed E-state index contributed by atoms with van der Waals surface area (Å²) in [5.74, 6) is 2.49. The fourth-order valence-corrected chi connectivity index (χ4v) is 8.95. The Hall–Kier alpha value is -7.24. The van der Waals surface area contributed by atoms with E-state index in [1.54, 1.807) is 0 Å². The minimum Gasteiger partial charge on any atom is -0.458 e. The highest BCUT2D eigenvalue weighted by molar-refractivity contribution is 6.09. The van der Waals surface area contributed by atoms with Gasteiger partial charge in [-0.15, -0.1) is 0 Å². The monoisotopic (exact) mass is 748 g/mol. The molecule has 5 nitrogen and oxygen atoms in total. The Bertz CT molecular complexity index is 3170. The summed E-state index contributed by atoms with van der Waals surface area (Å²) in [6.45, 7) is 6.71. The fraction of sp³-hybridized carbons (Fsp3) is 0.0943. The predicted octanol–water partition coefficient (Wildman–Crippen LogP) is 12.4. The van der Waals surface area contributed by atoms with Gasteiger partial charge in [0.15, 0.2) is 0 Å². The molecule has 10 aromatic rings. The fourth-order valence-electron chi connectivity index (χ4n) is 8.95. The number of nitrogens with zero attached hydrogens (tertiary/aromatic N) is 4. The Morgan fingerprint density at radius 3 is 2.02 bits per heavy atom. The van der Waals surface area contributed by atoms with Crippen molar-refractivity contribution in [2.75, 3.05) is 0 Å². The first-order valence-corrected chi connectivity index (χ1v) is 19.9. The Labute approximate surface area is 337 Å². The first-order chi connectivity index (χ1) is 28.4. The molecule has 3 heterocycles. The van der Waals surface area contributed by atoms with Gasteiger partial charge in [0.05, 0.1) is 33.4 Å². The van der Waals surface area contributed by atoms with E-state index in [-0.39, 0.29) is 11.3 Å². The topological polar surface area (TPSA) is 35.9 Å². The van der Waals surface area contributed by atoms with Gasteiger partial charge in [0.25, 0.3) is 6.33 Å². The third kappa shape index (κ3) is 5.46. The minimum atomic E-state index is -0.00467. The zero-order valence-corrected chi connectivity index (χ0v) is 32.6. The lowest BCUT2D eigenvalue weighted by Crippen LogP contribution is -2.31. The molecule has 0 N–H and O–H groups in total. The van der Waals surface area contributed by atoms with Crippen LogP contribution < -0.4 is 9.30 Å². The van der Waals surface area contributed by atoms with Crippen molar-refractivity contribution in [3.8, 4) is 39.8 Å².